The normalized spacial score (nSPS) is 15.4. The van der Waals surface area contributed by atoms with E-state index in [4.69, 9.17) is 4.42 Å². The van der Waals surface area contributed by atoms with Crippen LogP contribution >= 0.6 is 0 Å². The van der Waals surface area contributed by atoms with Crippen molar-refractivity contribution in [1.82, 2.24) is 13.8 Å². The van der Waals surface area contributed by atoms with Gasteiger partial charge in [0.15, 0.2) is 0 Å². The summed E-state index contributed by atoms with van der Waals surface area (Å²) in [4.78, 5) is 14.2. The molecule has 0 radical (unpaired) electrons. The minimum atomic E-state index is -3.79. The van der Waals surface area contributed by atoms with Gasteiger partial charge in [0.05, 0.1) is 17.7 Å². The molecule has 2 aromatic heterocycles. The van der Waals surface area contributed by atoms with E-state index in [9.17, 15) is 17.6 Å². The Kier molecular flexibility index (Phi) is 6.53. The predicted octanol–water partition coefficient (Wildman–Crippen LogP) is 3.43. The molecule has 3 aromatic rings. The molecule has 0 spiro atoms. The van der Waals surface area contributed by atoms with Crippen LogP contribution < -0.4 is 0 Å². The molecule has 7 nitrogen and oxygen atoms in total. The fraction of sp³-hybridized carbons (Fsp3) is 0.292. The summed E-state index contributed by atoms with van der Waals surface area (Å²) in [5.41, 5.74) is 3.03. The number of sulfonamides is 1. The van der Waals surface area contributed by atoms with Crippen LogP contribution in [0.3, 0.4) is 0 Å². The number of hydrogen-bond acceptors (Lipinski definition) is 4. The van der Waals surface area contributed by atoms with E-state index in [0.29, 0.717) is 6.54 Å². The third kappa shape index (κ3) is 4.94. The number of carbonyl (C=O) groups excluding carboxylic acids is 1. The highest BCUT2D eigenvalue weighted by molar-refractivity contribution is 7.89. The zero-order valence-electron chi connectivity index (χ0n) is 18.6. The molecular formula is C24H26FN3O4S. The number of halogens is 1. The molecule has 0 atom stereocenters. The Hall–Kier alpha value is -3.17. The second-order valence-electron chi connectivity index (χ2n) is 8.01. The van der Waals surface area contributed by atoms with Gasteiger partial charge in [-0.25, -0.2) is 12.8 Å². The highest BCUT2D eigenvalue weighted by Gasteiger charge is 2.29. The fourth-order valence-corrected chi connectivity index (χ4v) is 5.44. The lowest BCUT2D eigenvalue weighted by Gasteiger charge is -2.33. The predicted molar refractivity (Wildman–Crippen MR) is 122 cm³/mol. The molecule has 0 saturated carbocycles. The first-order valence-electron chi connectivity index (χ1n) is 10.7. The number of piperazine rings is 1. The van der Waals surface area contributed by atoms with Gasteiger partial charge in [-0.2, -0.15) is 4.31 Å². The van der Waals surface area contributed by atoms with Gasteiger partial charge in [0, 0.05) is 43.6 Å². The van der Waals surface area contributed by atoms with Gasteiger partial charge in [0.1, 0.15) is 11.6 Å². The van der Waals surface area contributed by atoms with E-state index < -0.39 is 15.8 Å². The van der Waals surface area contributed by atoms with Crippen molar-refractivity contribution in [2.45, 2.75) is 25.3 Å². The number of amides is 1. The Morgan fingerprint density at radius 3 is 2.52 bits per heavy atom. The van der Waals surface area contributed by atoms with Crippen LogP contribution in [-0.2, 0) is 21.4 Å². The lowest BCUT2D eigenvalue weighted by molar-refractivity contribution is -0.127. The molecular weight excluding hydrogens is 445 g/mol. The molecule has 0 aliphatic carbocycles. The lowest BCUT2D eigenvalue weighted by atomic mass is 10.2. The van der Waals surface area contributed by atoms with Crippen LogP contribution in [0.5, 0.6) is 0 Å². The molecule has 1 aliphatic rings. The van der Waals surface area contributed by atoms with Crippen LogP contribution in [0.1, 0.15) is 22.7 Å². The first-order valence-corrected chi connectivity index (χ1v) is 12.1. The Bertz CT molecular complexity index is 1270. The van der Waals surface area contributed by atoms with Gasteiger partial charge in [0.2, 0.25) is 15.9 Å². The van der Waals surface area contributed by atoms with Gasteiger partial charge in [-0.1, -0.05) is 6.07 Å². The summed E-state index contributed by atoms with van der Waals surface area (Å²) in [6.45, 7) is 5.49. The smallest absolute Gasteiger partial charge is 0.246 e. The van der Waals surface area contributed by atoms with E-state index >= 15 is 0 Å². The van der Waals surface area contributed by atoms with Crippen molar-refractivity contribution in [2.75, 3.05) is 26.2 Å². The first kappa shape index (κ1) is 23.0. The number of benzene rings is 1. The van der Waals surface area contributed by atoms with Crippen molar-refractivity contribution in [3.05, 3.63) is 83.3 Å². The number of rotatable bonds is 6. The molecule has 0 unspecified atom stereocenters. The summed E-state index contributed by atoms with van der Waals surface area (Å²) in [6.07, 6.45) is 4.96. The van der Waals surface area contributed by atoms with Crippen LogP contribution in [0.15, 0.2) is 64.1 Å². The molecule has 1 aliphatic heterocycles. The number of hydrogen-bond donors (Lipinski definition) is 0. The van der Waals surface area contributed by atoms with E-state index in [1.54, 1.807) is 17.2 Å². The molecule has 0 N–H and O–H groups in total. The van der Waals surface area contributed by atoms with Crippen LogP contribution in [-0.4, -0.2) is 54.3 Å². The average Bonchev–Trinajstić information content (AvgIpc) is 3.41. The largest absolute Gasteiger partial charge is 0.467 e. The summed E-state index contributed by atoms with van der Waals surface area (Å²) >= 11 is 0. The molecule has 1 amide bonds. The molecule has 0 bridgehead atoms. The maximum Gasteiger partial charge on any atom is 0.246 e. The minimum Gasteiger partial charge on any atom is -0.467 e. The zero-order valence-corrected chi connectivity index (χ0v) is 19.4. The number of aromatic nitrogens is 1. The SMILES string of the molecule is Cc1cc(/C=C/C(=O)N2CCN(S(=O)(=O)c3cccc(F)c3)CC2)c(C)n1Cc1ccco1. The Labute approximate surface area is 192 Å². The van der Waals surface area contributed by atoms with Gasteiger partial charge in [-0.15, -0.1) is 0 Å². The quantitative estimate of drug-likeness (QED) is 0.516. The second-order valence-corrected chi connectivity index (χ2v) is 9.95. The Morgan fingerprint density at radius 1 is 1.09 bits per heavy atom. The average molecular weight is 472 g/mol. The van der Waals surface area contributed by atoms with Crippen LogP contribution in [0.2, 0.25) is 0 Å². The monoisotopic (exact) mass is 471 g/mol. The zero-order chi connectivity index (χ0) is 23.6. The summed E-state index contributed by atoms with van der Waals surface area (Å²) in [5, 5.41) is 0. The van der Waals surface area contributed by atoms with Crippen molar-refractivity contribution in [2.24, 2.45) is 0 Å². The van der Waals surface area contributed by atoms with E-state index in [1.165, 1.54) is 28.6 Å². The van der Waals surface area contributed by atoms with Crippen molar-refractivity contribution in [1.29, 1.82) is 0 Å². The summed E-state index contributed by atoms with van der Waals surface area (Å²) in [7, 11) is -3.79. The Balaban J connectivity index is 1.39. The topological polar surface area (TPSA) is 75.8 Å². The highest BCUT2D eigenvalue weighted by atomic mass is 32.2. The van der Waals surface area contributed by atoms with Gasteiger partial charge < -0.3 is 13.9 Å². The third-order valence-electron chi connectivity index (χ3n) is 5.90. The van der Waals surface area contributed by atoms with Crippen LogP contribution in [0.25, 0.3) is 6.08 Å². The molecule has 4 rings (SSSR count). The maximum atomic E-state index is 13.5. The van der Waals surface area contributed by atoms with Crippen molar-refractivity contribution in [3.63, 3.8) is 0 Å². The first-order chi connectivity index (χ1) is 15.8. The summed E-state index contributed by atoms with van der Waals surface area (Å²) < 4.78 is 47.8. The molecule has 1 saturated heterocycles. The minimum absolute atomic E-state index is 0.0768. The number of carbonyl (C=O) groups is 1. The second kappa shape index (κ2) is 9.36. The molecule has 1 aromatic carbocycles. The molecule has 1 fully saturated rings. The van der Waals surface area contributed by atoms with Gasteiger partial charge in [-0.3, -0.25) is 4.79 Å². The molecule has 3 heterocycles. The van der Waals surface area contributed by atoms with E-state index in [-0.39, 0.29) is 37.0 Å². The van der Waals surface area contributed by atoms with Crippen molar-refractivity contribution < 1.29 is 22.0 Å². The number of furan rings is 1. The molecule has 9 heteroatoms. The molecule has 33 heavy (non-hydrogen) atoms. The standard InChI is InChI=1S/C24H26FN3O4S/c1-18-15-20(19(2)28(18)17-22-6-4-14-32-22)8-9-24(29)26-10-12-27(13-11-26)33(30,31)23-7-3-5-21(25)16-23/h3-9,14-16H,10-13,17H2,1-2H3/b9-8+. The van der Waals surface area contributed by atoms with E-state index in [0.717, 1.165) is 28.8 Å². The van der Waals surface area contributed by atoms with Crippen LogP contribution in [0.4, 0.5) is 4.39 Å². The van der Waals surface area contributed by atoms with E-state index in [2.05, 4.69) is 4.57 Å². The van der Waals surface area contributed by atoms with Crippen LogP contribution in [0, 0.1) is 19.7 Å². The van der Waals surface area contributed by atoms with Gasteiger partial charge in [-0.05, 0) is 61.9 Å². The van der Waals surface area contributed by atoms with Gasteiger partial charge in [0.25, 0.3) is 0 Å². The summed E-state index contributed by atoms with van der Waals surface area (Å²) in [5.74, 6) is 0.0849. The van der Waals surface area contributed by atoms with E-state index in [1.807, 2.05) is 32.0 Å². The van der Waals surface area contributed by atoms with Crippen molar-refractivity contribution in [3.8, 4) is 0 Å². The summed E-state index contributed by atoms with van der Waals surface area (Å²) in [6, 6.07) is 10.8. The lowest BCUT2D eigenvalue weighted by Crippen LogP contribution is -2.50. The number of aryl methyl sites for hydroxylation is 1. The highest BCUT2D eigenvalue weighted by Crippen LogP contribution is 2.20. The third-order valence-corrected chi connectivity index (χ3v) is 7.79. The van der Waals surface area contributed by atoms with Crippen molar-refractivity contribution >= 4 is 22.0 Å². The Morgan fingerprint density at radius 2 is 1.85 bits per heavy atom. The molecule has 174 valence electrons. The van der Waals surface area contributed by atoms with Gasteiger partial charge >= 0.3 is 0 Å². The maximum absolute atomic E-state index is 13.5. The number of nitrogens with zero attached hydrogens (tertiary/aromatic N) is 3. The fourth-order valence-electron chi connectivity index (χ4n) is 3.99.